The van der Waals surface area contributed by atoms with Gasteiger partial charge in [0.2, 0.25) is 0 Å². The Morgan fingerprint density at radius 3 is 2.77 bits per heavy atom. The summed E-state index contributed by atoms with van der Waals surface area (Å²) < 4.78 is 1.05. The molecule has 1 nitrogen and oxygen atoms in total. The fraction of sp³-hybridized carbons (Fsp3) is 0.273. The van der Waals surface area contributed by atoms with Crippen LogP contribution in [0.2, 0.25) is 0 Å². The smallest absolute Gasteiger partial charge is 0.0615 e. The monoisotopic (exact) mass is 240 g/mol. The molecule has 0 aliphatic heterocycles. The lowest BCUT2D eigenvalue weighted by atomic mass is 10.1. The van der Waals surface area contributed by atoms with E-state index in [9.17, 15) is 5.11 Å². The van der Waals surface area contributed by atoms with Crippen LogP contribution in [-0.4, -0.2) is 11.2 Å². The molecule has 0 saturated heterocycles. The van der Waals surface area contributed by atoms with Crippen LogP contribution in [-0.2, 0) is 6.42 Å². The maximum Gasteiger partial charge on any atom is 0.0615 e. The van der Waals surface area contributed by atoms with Crippen LogP contribution in [0, 0.1) is 0 Å². The minimum absolute atomic E-state index is 0.323. The number of hydrogen-bond acceptors (Lipinski definition) is 1. The molecule has 1 unspecified atom stereocenters. The first-order valence-corrected chi connectivity index (χ1v) is 5.05. The van der Waals surface area contributed by atoms with E-state index in [-0.39, 0.29) is 6.10 Å². The summed E-state index contributed by atoms with van der Waals surface area (Å²) >= 11 is 3.44. The molecule has 0 fully saturated rings. The zero-order valence-electron chi connectivity index (χ0n) is 7.41. The van der Waals surface area contributed by atoms with Gasteiger partial charge in [-0.2, -0.15) is 0 Å². The van der Waals surface area contributed by atoms with Crippen molar-refractivity contribution >= 4 is 15.9 Å². The number of aliphatic hydroxyl groups is 1. The SMILES string of the molecule is C=CCC(O)Cc1ccccc1Br. The van der Waals surface area contributed by atoms with Gasteiger partial charge in [0.15, 0.2) is 0 Å². The predicted molar refractivity (Wildman–Crippen MR) is 58.7 cm³/mol. The van der Waals surface area contributed by atoms with Crippen molar-refractivity contribution in [1.29, 1.82) is 0 Å². The van der Waals surface area contributed by atoms with Crippen LogP contribution in [0.15, 0.2) is 41.4 Å². The minimum atomic E-state index is -0.323. The third kappa shape index (κ3) is 3.33. The van der Waals surface area contributed by atoms with E-state index in [1.165, 1.54) is 0 Å². The van der Waals surface area contributed by atoms with Crippen LogP contribution >= 0.6 is 15.9 Å². The molecule has 1 rings (SSSR count). The summed E-state index contributed by atoms with van der Waals surface area (Å²) in [7, 11) is 0. The highest BCUT2D eigenvalue weighted by molar-refractivity contribution is 9.10. The number of rotatable bonds is 4. The summed E-state index contributed by atoms with van der Waals surface area (Å²) in [5.74, 6) is 0. The summed E-state index contributed by atoms with van der Waals surface area (Å²) in [5, 5.41) is 9.53. The zero-order valence-corrected chi connectivity index (χ0v) is 9.00. The lowest BCUT2D eigenvalue weighted by Crippen LogP contribution is -2.09. The molecule has 0 bridgehead atoms. The molecular weight excluding hydrogens is 228 g/mol. The highest BCUT2D eigenvalue weighted by atomic mass is 79.9. The van der Waals surface area contributed by atoms with Crippen LogP contribution in [0.4, 0.5) is 0 Å². The lowest BCUT2D eigenvalue weighted by molar-refractivity contribution is 0.178. The Morgan fingerprint density at radius 1 is 1.46 bits per heavy atom. The fourth-order valence-electron chi connectivity index (χ4n) is 1.19. The van der Waals surface area contributed by atoms with Gasteiger partial charge in [-0.15, -0.1) is 6.58 Å². The summed E-state index contributed by atoms with van der Waals surface area (Å²) in [6.07, 6.45) is 2.73. The van der Waals surface area contributed by atoms with E-state index in [2.05, 4.69) is 22.5 Å². The van der Waals surface area contributed by atoms with Crippen molar-refractivity contribution in [3.05, 3.63) is 47.0 Å². The first-order chi connectivity index (χ1) is 6.24. The molecular formula is C11H13BrO. The maximum atomic E-state index is 9.53. The topological polar surface area (TPSA) is 20.2 Å². The molecule has 0 aromatic heterocycles. The van der Waals surface area contributed by atoms with Gasteiger partial charge < -0.3 is 5.11 Å². The Labute approximate surface area is 87.2 Å². The average molecular weight is 241 g/mol. The highest BCUT2D eigenvalue weighted by Crippen LogP contribution is 2.18. The van der Waals surface area contributed by atoms with Crippen LogP contribution < -0.4 is 0 Å². The molecule has 1 N–H and O–H groups in total. The Hall–Kier alpha value is -0.600. The summed E-state index contributed by atoms with van der Waals surface area (Å²) in [4.78, 5) is 0. The van der Waals surface area contributed by atoms with E-state index < -0.39 is 0 Å². The van der Waals surface area contributed by atoms with Crippen molar-refractivity contribution in [3.63, 3.8) is 0 Å². The first-order valence-electron chi connectivity index (χ1n) is 4.26. The number of halogens is 1. The molecule has 0 spiro atoms. The Bertz CT molecular complexity index is 283. The molecule has 0 aliphatic rings. The quantitative estimate of drug-likeness (QED) is 0.803. The average Bonchev–Trinajstić information content (AvgIpc) is 2.09. The molecule has 2 heteroatoms. The van der Waals surface area contributed by atoms with Gasteiger partial charge in [0.25, 0.3) is 0 Å². The van der Waals surface area contributed by atoms with Crippen LogP contribution in [0.25, 0.3) is 0 Å². The molecule has 1 aromatic carbocycles. The minimum Gasteiger partial charge on any atom is -0.392 e. The third-order valence-corrected chi connectivity index (χ3v) is 2.63. The molecule has 0 radical (unpaired) electrons. The second-order valence-electron chi connectivity index (χ2n) is 2.97. The second kappa shape index (κ2) is 5.20. The largest absolute Gasteiger partial charge is 0.392 e. The van der Waals surface area contributed by atoms with Crippen LogP contribution in [0.1, 0.15) is 12.0 Å². The van der Waals surface area contributed by atoms with Gasteiger partial charge in [-0.3, -0.25) is 0 Å². The van der Waals surface area contributed by atoms with E-state index in [1.54, 1.807) is 6.08 Å². The van der Waals surface area contributed by atoms with E-state index in [1.807, 2.05) is 24.3 Å². The molecule has 0 heterocycles. The number of aliphatic hydroxyl groups excluding tert-OH is 1. The van der Waals surface area contributed by atoms with Crippen molar-refractivity contribution in [3.8, 4) is 0 Å². The molecule has 1 atom stereocenters. The number of benzene rings is 1. The first kappa shape index (κ1) is 10.5. The molecule has 0 aliphatic carbocycles. The normalized spacial score (nSPS) is 12.5. The predicted octanol–water partition coefficient (Wildman–Crippen LogP) is 2.93. The number of hydrogen-bond donors (Lipinski definition) is 1. The van der Waals surface area contributed by atoms with E-state index >= 15 is 0 Å². The Morgan fingerprint density at radius 2 is 2.15 bits per heavy atom. The van der Waals surface area contributed by atoms with Crippen molar-refractivity contribution in [2.75, 3.05) is 0 Å². The molecule has 1 aromatic rings. The Balaban J connectivity index is 2.63. The second-order valence-corrected chi connectivity index (χ2v) is 3.83. The van der Waals surface area contributed by atoms with E-state index in [0.29, 0.717) is 12.8 Å². The van der Waals surface area contributed by atoms with Crippen molar-refractivity contribution < 1.29 is 5.11 Å². The summed E-state index contributed by atoms with van der Waals surface area (Å²) in [6.45, 7) is 3.59. The summed E-state index contributed by atoms with van der Waals surface area (Å²) in [5.41, 5.74) is 1.14. The van der Waals surface area contributed by atoms with Crippen LogP contribution in [0.5, 0.6) is 0 Å². The third-order valence-electron chi connectivity index (χ3n) is 1.85. The van der Waals surface area contributed by atoms with Crippen molar-refractivity contribution in [1.82, 2.24) is 0 Å². The van der Waals surface area contributed by atoms with Crippen molar-refractivity contribution in [2.24, 2.45) is 0 Å². The van der Waals surface area contributed by atoms with Gasteiger partial charge in [0.05, 0.1) is 6.10 Å². The van der Waals surface area contributed by atoms with E-state index in [4.69, 9.17) is 0 Å². The zero-order chi connectivity index (χ0) is 9.68. The van der Waals surface area contributed by atoms with Gasteiger partial charge in [-0.25, -0.2) is 0 Å². The van der Waals surface area contributed by atoms with E-state index in [0.717, 1.165) is 10.0 Å². The fourth-order valence-corrected chi connectivity index (χ4v) is 1.64. The maximum absolute atomic E-state index is 9.53. The Kier molecular flexibility index (Phi) is 4.19. The molecule has 0 saturated carbocycles. The lowest BCUT2D eigenvalue weighted by Gasteiger charge is -2.08. The molecule has 13 heavy (non-hydrogen) atoms. The van der Waals surface area contributed by atoms with Gasteiger partial charge in [-0.05, 0) is 24.5 Å². The van der Waals surface area contributed by atoms with Crippen molar-refractivity contribution in [2.45, 2.75) is 18.9 Å². The van der Waals surface area contributed by atoms with Gasteiger partial charge in [-0.1, -0.05) is 40.2 Å². The van der Waals surface area contributed by atoms with Gasteiger partial charge in [0.1, 0.15) is 0 Å². The van der Waals surface area contributed by atoms with Gasteiger partial charge in [0, 0.05) is 4.47 Å². The highest BCUT2D eigenvalue weighted by Gasteiger charge is 2.05. The molecule has 70 valence electrons. The summed E-state index contributed by atoms with van der Waals surface area (Å²) in [6, 6.07) is 7.93. The molecule has 0 amide bonds. The van der Waals surface area contributed by atoms with Gasteiger partial charge >= 0.3 is 0 Å². The van der Waals surface area contributed by atoms with Crippen LogP contribution in [0.3, 0.4) is 0 Å². The standard InChI is InChI=1S/C11H13BrO/c1-2-5-10(13)8-9-6-3-4-7-11(9)12/h2-4,6-7,10,13H,1,5,8H2.